The van der Waals surface area contributed by atoms with Crippen molar-refractivity contribution in [1.82, 2.24) is 5.32 Å². The van der Waals surface area contributed by atoms with E-state index in [1.165, 1.54) is 18.2 Å². The Balaban J connectivity index is 2.54. The Hall–Kier alpha value is -1.49. The minimum absolute atomic E-state index is 0.0123. The van der Waals surface area contributed by atoms with Crippen molar-refractivity contribution in [2.45, 2.75) is 26.3 Å². The molecule has 100 valence electrons. The van der Waals surface area contributed by atoms with Gasteiger partial charge in [0.2, 0.25) is 5.91 Å². The van der Waals surface area contributed by atoms with Crippen molar-refractivity contribution < 1.29 is 18.3 Å². The first-order chi connectivity index (χ1) is 8.54. The van der Waals surface area contributed by atoms with Crippen molar-refractivity contribution >= 4 is 5.91 Å². The fraction of sp³-hybridized carbons (Fsp3) is 0.462. The molecule has 1 aromatic carbocycles. The van der Waals surface area contributed by atoms with Crippen molar-refractivity contribution in [3.63, 3.8) is 0 Å². The van der Waals surface area contributed by atoms with Crippen LogP contribution in [-0.4, -0.2) is 25.2 Å². The topological polar surface area (TPSA) is 38.3 Å². The second-order valence-corrected chi connectivity index (χ2v) is 4.01. The van der Waals surface area contributed by atoms with Crippen LogP contribution in [0.15, 0.2) is 18.2 Å². The summed E-state index contributed by atoms with van der Waals surface area (Å²) in [5.41, 5.74) is -0.0123. The number of hydrogen-bond acceptors (Lipinski definition) is 2. The van der Waals surface area contributed by atoms with Gasteiger partial charge in [-0.15, -0.1) is 0 Å². The molecule has 0 aromatic heterocycles. The summed E-state index contributed by atoms with van der Waals surface area (Å²) >= 11 is 0. The highest BCUT2D eigenvalue weighted by Crippen LogP contribution is 2.13. The lowest BCUT2D eigenvalue weighted by Crippen LogP contribution is -2.37. The Labute approximate surface area is 105 Å². The third-order valence-electron chi connectivity index (χ3n) is 2.42. The molecule has 1 amide bonds. The second kappa shape index (κ2) is 7.06. The highest BCUT2D eigenvalue weighted by atomic mass is 19.1. The second-order valence-electron chi connectivity index (χ2n) is 4.01. The molecule has 1 N–H and O–H groups in total. The zero-order valence-electron chi connectivity index (χ0n) is 10.5. The molecule has 1 unspecified atom stereocenters. The summed E-state index contributed by atoms with van der Waals surface area (Å²) in [5, 5.41) is 2.62. The van der Waals surface area contributed by atoms with E-state index in [2.05, 4.69) is 5.32 Å². The Kier molecular flexibility index (Phi) is 5.71. The van der Waals surface area contributed by atoms with E-state index < -0.39 is 11.6 Å². The molecular formula is C13H17F2NO2. The van der Waals surface area contributed by atoms with Gasteiger partial charge >= 0.3 is 0 Å². The molecule has 0 aliphatic heterocycles. The maximum Gasteiger partial charge on any atom is 0.246 e. The molecule has 3 nitrogen and oxygen atoms in total. The van der Waals surface area contributed by atoms with E-state index in [1.807, 2.05) is 0 Å². The van der Waals surface area contributed by atoms with Crippen LogP contribution in [-0.2, 0) is 16.0 Å². The molecule has 0 spiro atoms. The monoisotopic (exact) mass is 257 g/mol. The zero-order chi connectivity index (χ0) is 13.5. The van der Waals surface area contributed by atoms with Crippen LogP contribution in [0.3, 0.4) is 0 Å². The normalized spacial score (nSPS) is 12.2. The quantitative estimate of drug-likeness (QED) is 0.847. The average molecular weight is 257 g/mol. The molecule has 18 heavy (non-hydrogen) atoms. The van der Waals surface area contributed by atoms with Crippen molar-refractivity contribution in [1.29, 1.82) is 0 Å². The summed E-state index contributed by atoms with van der Waals surface area (Å²) in [6.07, 6.45) is 0.108. The zero-order valence-corrected chi connectivity index (χ0v) is 10.5. The van der Waals surface area contributed by atoms with Gasteiger partial charge in [-0.25, -0.2) is 8.78 Å². The molecule has 1 aromatic rings. The highest BCUT2D eigenvalue weighted by Gasteiger charge is 2.14. The van der Waals surface area contributed by atoms with E-state index in [1.54, 1.807) is 13.8 Å². The summed E-state index contributed by atoms with van der Waals surface area (Å²) in [5.74, 6) is -1.48. The van der Waals surface area contributed by atoms with E-state index >= 15 is 0 Å². The number of rotatable bonds is 6. The Morgan fingerprint density at radius 1 is 1.39 bits per heavy atom. The minimum atomic E-state index is -0.596. The molecule has 0 aliphatic carbocycles. The number of carbonyl (C=O) groups is 1. The molecule has 0 saturated heterocycles. The summed E-state index contributed by atoms with van der Waals surface area (Å²) in [4.78, 5) is 11.3. The third kappa shape index (κ3) is 4.41. The van der Waals surface area contributed by atoms with Crippen LogP contribution in [0.2, 0.25) is 0 Å². The number of nitrogens with one attached hydrogen (secondary N) is 1. The van der Waals surface area contributed by atoms with Crippen LogP contribution in [0, 0.1) is 11.6 Å². The number of halogens is 2. The first-order valence-electron chi connectivity index (χ1n) is 5.84. The molecule has 0 heterocycles. The van der Waals surface area contributed by atoms with Gasteiger partial charge in [0.25, 0.3) is 0 Å². The van der Waals surface area contributed by atoms with E-state index in [9.17, 15) is 13.6 Å². The van der Waals surface area contributed by atoms with Crippen molar-refractivity contribution in [2.24, 2.45) is 0 Å². The molecule has 1 atom stereocenters. The van der Waals surface area contributed by atoms with Crippen LogP contribution in [0.5, 0.6) is 0 Å². The average Bonchev–Trinajstić information content (AvgIpc) is 2.31. The predicted octanol–water partition coefficient (Wildman–Crippen LogP) is 2.05. The number of ether oxygens (including phenoxy) is 1. The first-order valence-corrected chi connectivity index (χ1v) is 5.84. The van der Waals surface area contributed by atoms with Gasteiger partial charge in [0.1, 0.15) is 18.2 Å². The van der Waals surface area contributed by atoms with Gasteiger partial charge < -0.3 is 10.1 Å². The number of carbonyl (C=O) groups excluding carboxylic acids is 1. The standard InChI is InChI=1S/C13H17F2NO2/c1-3-18-8-13(17)16-9(2)7-10-11(14)5-4-6-12(10)15/h4-6,9H,3,7-8H2,1-2H3,(H,16,17). The van der Waals surface area contributed by atoms with Gasteiger partial charge in [0.15, 0.2) is 0 Å². The van der Waals surface area contributed by atoms with E-state index in [0.29, 0.717) is 6.61 Å². The summed E-state index contributed by atoms with van der Waals surface area (Å²) < 4.78 is 31.7. The Morgan fingerprint density at radius 3 is 2.56 bits per heavy atom. The molecule has 1 rings (SSSR count). The van der Waals surface area contributed by atoms with Gasteiger partial charge in [-0.2, -0.15) is 0 Å². The lowest BCUT2D eigenvalue weighted by molar-refractivity contribution is -0.126. The molecule has 0 radical (unpaired) electrons. The minimum Gasteiger partial charge on any atom is -0.372 e. The first kappa shape index (κ1) is 14.6. The van der Waals surface area contributed by atoms with Gasteiger partial charge in [-0.1, -0.05) is 6.07 Å². The SMILES string of the molecule is CCOCC(=O)NC(C)Cc1c(F)cccc1F. The number of hydrogen-bond donors (Lipinski definition) is 1. The maximum atomic E-state index is 13.4. The molecule has 0 aliphatic rings. The number of amides is 1. The predicted molar refractivity (Wildman–Crippen MR) is 64.2 cm³/mol. The van der Waals surface area contributed by atoms with Gasteiger partial charge in [-0.05, 0) is 32.4 Å². The van der Waals surface area contributed by atoms with Crippen LogP contribution in [0.25, 0.3) is 0 Å². The van der Waals surface area contributed by atoms with Crippen LogP contribution < -0.4 is 5.32 Å². The van der Waals surface area contributed by atoms with Crippen molar-refractivity contribution in [2.75, 3.05) is 13.2 Å². The summed E-state index contributed by atoms with van der Waals surface area (Å²) in [7, 11) is 0. The van der Waals surface area contributed by atoms with Crippen molar-refractivity contribution in [3.8, 4) is 0 Å². The lowest BCUT2D eigenvalue weighted by atomic mass is 10.1. The largest absolute Gasteiger partial charge is 0.372 e. The van der Waals surface area contributed by atoms with Crippen LogP contribution in [0.4, 0.5) is 8.78 Å². The molecule has 5 heteroatoms. The van der Waals surface area contributed by atoms with Gasteiger partial charge in [0, 0.05) is 18.2 Å². The lowest BCUT2D eigenvalue weighted by Gasteiger charge is -2.14. The van der Waals surface area contributed by atoms with E-state index in [4.69, 9.17) is 4.74 Å². The fourth-order valence-electron chi connectivity index (χ4n) is 1.60. The van der Waals surface area contributed by atoms with Crippen LogP contribution >= 0.6 is 0 Å². The Morgan fingerprint density at radius 2 is 2.00 bits per heavy atom. The van der Waals surface area contributed by atoms with Gasteiger partial charge in [-0.3, -0.25) is 4.79 Å². The van der Waals surface area contributed by atoms with E-state index in [0.717, 1.165) is 0 Å². The summed E-state index contributed by atoms with van der Waals surface area (Å²) in [6, 6.07) is 3.36. The molecular weight excluding hydrogens is 240 g/mol. The molecule has 0 bridgehead atoms. The van der Waals surface area contributed by atoms with Crippen molar-refractivity contribution in [3.05, 3.63) is 35.4 Å². The summed E-state index contributed by atoms with van der Waals surface area (Å²) in [6.45, 7) is 3.88. The molecule has 0 fully saturated rings. The number of benzene rings is 1. The van der Waals surface area contributed by atoms with Crippen LogP contribution in [0.1, 0.15) is 19.4 Å². The highest BCUT2D eigenvalue weighted by molar-refractivity contribution is 5.77. The smallest absolute Gasteiger partial charge is 0.246 e. The van der Waals surface area contributed by atoms with E-state index in [-0.39, 0.29) is 30.5 Å². The molecule has 0 saturated carbocycles. The fourth-order valence-corrected chi connectivity index (χ4v) is 1.60. The third-order valence-corrected chi connectivity index (χ3v) is 2.42. The maximum absolute atomic E-state index is 13.4. The van der Waals surface area contributed by atoms with Gasteiger partial charge in [0.05, 0.1) is 0 Å². The Bertz CT molecular complexity index is 390.